The minimum atomic E-state index is -0.00680. The number of thioether (sulfide) groups is 1. The van der Waals surface area contributed by atoms with E-state index in [2.05, 4.69) is 46.2 Å². The summed E-state index contributed by atoms with van der Waals surface area (Å²) in [7, 11) is 0. The van der Waals surface area contributed by atoms with Gasteiger partial charge < -0.3 is 4.90 Å². The highest BCUT2D eigenvalue weighted by atomic mass is 32.2. The summed E-state index contributed by atoms with van der Waals surface area (Å²) in [5, 5.41) is 3.37. The number of hydrogen-bond donors (Lipinski definition) is 1. The number of amides is 1. The van der Waals surface area contributed by atoms with E-state index in [1.807, 2.05) is 4.90 Å². The molecule has 2 atom stereocenters. The summed E-state index contributed by atoms with van der Waals surface area (Å²) in [6, 6.07) is -0.00680. The minimum Gasteiger partial charge on any atom is -0.325 e. The average molecular weight is 244 g/mol. The molecule has 1 rings (SSSR count). The Morgan fingerprint density at radius 3 is 2.44 bits per heavy atom. The van der Waals surface area contributed by atoms with E-state index in [1.165, 1.54) is 0 Å². The quantitative estimate of drug-likeness (QED) is 0.820. The van der Waals surface area contributed by atoms with Gasteiger partial charge in [-0.2, -0.15) is 11.8 Å². The van der Waals surface area contributed by atoms with Gasteiger partial charge in [-0.05, 0) is 32.9 Å². The van der Waals surface area contributed by atoms with Crippen molar-refractivity contribution < 1.29 is 4.79 Å². The molecule has 0 radical (unpaired) electrons. The van der Waals surface area contributed by atoms with Gasteiger partial charge in [0.15, 0.2) is 0 Å². The van der Waals surface area contributed by atoms with Crippen LogP contribution >= 0.6 is 11.8 Å². The molecule has 0 aromatic rings. The van der Waals surface area contributed by atoms with Crippen LogP contribution in [0.4, 0.5) is 0 Å². The molecule has 1 heterocycles. The topological polar surface area (TPSA) is 32.3 Å². The van der Waals surface area contributed by atoms with E-state index in [0.29, 0.717) is 5.92 Å². The molecular weight excluding hydrogens is 220 g/mol. The average Bonchev–Trinajstić information content (AvgIpc) is 2.45. The first-order valence-electron chi connectivity index (χ1n) is 5.90. The Morgan fingerprint density at radius 2 is 2.06 bits per heavy atom. The maximum atomic E-state index is 12.2. The summed E-state index contributed by atoms with van der Waals surface area (Å²) in [6.07, 6.45) is 2.25. The highest BCUT2D eigenvalue weighted by molar-refractivity contribution is 7.99. The Balaban J connectivity index is 2.72. The van der Waals surface area contributed by atoms with Gasteiger partial charge in [0.1, 0.15) is 0 Å². The Hall–Kier alpha value is -0.220. The fraction of sp³-hybridized carbons (Fsp3) is 0.917. The first-order valence-corrected chi connectivity index (χ1v) is 7.12. The maximum absolute atomic E-state index is 12.2. The third-order valence-electron chi connectivity index (χ3n) is 3.21. The molecule has 2 unspecified atom stereocenters. The van der Waals surface area contributed by atoms with E-state index in [9.17, 15) is 4.79 Å². The second-order valence-electron chi connectivity index (χ2n) is 5.49. The van der Waals surface area contributed by atoms with Crippen molar-refractivity contribution in [1.29, 1.82) is 0 Å². The third-order valence-corrected chi connectivity index (χ3v) is 4.44. The van der Waals surface area contributed by atoms with E-state index in [0.717, 1.165) is 6.54 Å². The Morgan fingerprint density at radius 1 is 1.50 bits per heavy atom. The molecule has 4 heteroatoms. The molecule has 0 aromatic carbocycles. The smallest absolute Gasteiger partial charge is 0.241 e. The maximum Gasteiger partial charge on any atom is 0.241 e. The van der Waals surface area contributed by atoms with Crippen LogP contribution in [0.15, 0.2) is 0 Å². The molecule has 94 valence electrons. The van der Waals surface area contributed by atoms with Crippen molar-refractivity contribution in [1.82, 2.24) is 10.2 Å². The van der Waals surface area contributed by atoms with Gasteiger partial charge in [0.2, 0.25) is 5.91 Å². The van der Waals surface area contributed by atoms with E-state index in [1.54, 1.807) is 11.8 Å². The molecule has 1 amide bonds. The van der Waals surface area contributed by atoms with E-state index < -0.39 is 0 Å². The van der Waals surface area contributed by atoms with Gasteiger partial charge in [0.05, 0.1) is 12.2 Å². The summed E-state index contributed by atoms with van der Waals surface area (Å²) >= 11 is 1.81. The van der Waals surface area contributed by atoms with Crippen LogP contribution in [0.1, 0.15) is 34.6 Å². The zero-order chi connectivity index (χ0) is 12.5. The molecule has 0 saturated carbocycles. The van der Waals surface area contributed by atoms with Crippen LogP contribution in [0.5, 0.6) is 0 Å². The zero-order valence-corrected chi connectivity index (χ0v) is 12.0. The van der Waals surface area contributed by atoms with E-state index in [-0.39, 0.29) is 22.9 Å². The van der Waals surface area contributed by atoms with Gasteiger partial charge in [-0.1, -0.05) is 13.8 Å². The van der Waals surface area contributed by atoms with Crippen molar-refractivity contribution in [2.45, 2.75) is 51.6 Å². The minimum absolute atomic E-state index is 0.00680. The molecule has 0 aliphatic carbocycles. The molecule has 1 N–H and O–H groups in total. The lowest BCUT2D eigenvalue weighted by molar-refractivity contribution is -0.130. The monoisotopic (exact) mass is 244 g/mol. The standard InChI is InChI=1S/C12H24N2OS/c1-8(2)10-11(15)14(9(3)13-10)7-12(4,5)16-6/h8-10,13H,7H2,1-6H3. The molecule has 1 fully saturated rings. The first kappa shape index (κ1) is 13.8. The van der Waals surface area contributed by atoms with Gasteiger partial charge in [-0.15, -0.1) is 0 Å². The second-order valence-corrected chi connectivity index (χ2v) is 7.01. The van der Waals surface area contributed by atoms with Crippen molar-refractivity contribution >= 4 is 17.7 Å². The number of nitrogens with zero attached hydrogens (tertiary/aromatic N) is 1. The number of hydrogen-bond acceptors (Lipinski definition) is 3. The molecule has 3 nitrogen and oxygen atoms in total. The number of carbonyl (C=O) groups is 1. The summed E-state index contributed by atoms with van der Waals surface area (Å²) in [5.74, 6) is 0.613. The van der Waals surface area contributed by atoms with Gasteiger partial charge in [0, 0.05) is 11.3 Å². The molecule has 1 aliphatic rings. The van der Waals surface area contributed by atoms with Crippen LogP contribution in [0, 0.1) is 5.92 Å². The molecule has 0 bridgehead atoms. The van der Waals surface area contributed by atoms with Crippen LogP contribution in [-0.4, -0.2) is 40.6 Å². The number of carbonyl (C=O) groups excluding carboxylic acids is 1. The van der Waals surface area contributed by atoms with Crippen molar-refractivity contribution in [2.75, 3.05) is 12.8 Å². The summed E-state index contributed by atoms with van der Waals surface area (Å²) in [5.41, 5.74) is 0. The summed E-state index contributed by atoms with van der Waals surface area (Å²) in [4.78, 5) is 14.2. The lowest BCUT2D eigenvalue weighted by Crippen LogP contribution is -2.43. The van der Waals surface area contributed by atoms with Crippen molar-refractivity contribution in [3.05, 3.63) is 0 Å². The summed E-state index contributed by atoms with van der Waals surface area (Å²) in [6.45, 7) is 11.4. The molecule has 16 heavy (non-hydrogen) atoms. The lowest BCUT2D eigenvalue weighted by Gasteiger charge is -2.31. The predicted molar refractivity (Wildman–Crippen MR) is 70.5 cm³/mol. The fourth-order valence-electron chi connectivity index (χ4n) is 1.96. The Bertz CT molecular complexity index is 266. The van der Waals surface area contributed by atoms with Crippen molar-refractivity contribution in [2.24, 2.45) is 5.92 Å². The molecule has 0 aromatic heterocycles. The van der Waals surface area contributed by atoms with E-state index in [4.69, 9.17) is 0 Å². The van der Waals surface area contributed by atoms with E-state index >= 15 is 0 Å². The first-order chi connectivity index (χ1) is 7.28. The predicted octanol–water partition coefficient (Wildman–Crippen LogP) is 1.93. The zero-order valence-electron chi connectivity index (χ0n) is 11.2. The van der Waals surface area contributed by atoms with Gasteiger partial charge in [0.25, 0.3) is 0 Å². The SMILES string of the molecule is CSC(C)(C)CN1C(=O)C(C(C)C)NC1C. The number of nitrogens with one attached hydrogen (secondary N) is 1. The normalized spacial score (nSPS) is 26.9. The Labute approximate surface area is 103 Å². The van der Waals surface area contributed by atoms with Crippen LogP contribution < -0.4 is 5.32 Å². The van der Waals surface area contributed by atoms with Crippen molar-refractivity contribution in [3.8, 4) is 0 Å². The molecular formula is C12H24N2OS. The molecule has 0 spiro atoms. The third kappa shape index (κ3) is 2.92. The second kappa shape index (κ2) is 4.96. The highest BCUT2D eigenvalue weighted by Gasteiger charge is 2.39. The fourth-order valence-corrected chi connectivity index (χ4v) is 2.23. The van der Waals surface area contributed by atoms with Crippen LogP contribution in [0.25, 0.3) is 0 Å². The van der Waals surface area contributed by atoms with Crippen LogP contribution in [0.2, 0.25) is 0 Å². The van der Waals surface area contributed by atoms with Crippen molar-refractivity contribution in [3.63, 3.8) is 0 Å². The van der Waals surface area contributed by atoms with Gasteiger partial charge >= 0.3 is 0 Å². The molecule has 1 saturated heterocycles. The van der Waals surface area contributed by atoms with Gasteiger partial charge in [-0.25, -0.2) is 0 Å². The van der Waals surface area contributed by atoms with Crippen LogP contribution in [0.3, 0.4) is 0 Å². The highest BCUT2D eigenvalue weighted by Crippen LogP contribution is 2.26. The Kier molecular flexibility index (Phi) is 4.29. The van der Waals surface area contributed by atoms with Gasteiger partial charge in [-0.3, -0.25) is 10.1 Å². The van der Waals surface area contributed by atoms with Crippen LogP contribution in [-0.2, 0) is 4.79 Å². The summed E-state index contributed by atoms with van der Waals surface area (Å²) < 4.78 is 0.122. The molecule has 1 aliphatic heterocycles. The number of rotatable bonds is 4. The largest absolute Gasteiger partial charge is 0.325 e. The lowest BCUT2D eigenvalue weighted by atomic mass is 10.0.